The Morgan fingerprint density at radius 1 is 1.50 bits per heavy atom. The van der Waals surface area contributed by atoms with Crippen LogP contribution in [0, 0.1) is 5.92 Å². The summed E-state index contributed by atoms with van der Waals surface area (Å²) in [6, 6.07) is 4.24. The lowest BCUT2D eigenvalue weighted by molar-refractivity contribution is 0.273. The van der Waals surface area contributed by atoms with Crippen LogP contribution in [0.2, 0.25) is 0 Å². The highest BCUT2D eigenvalue weighted by atomic mass is 79.9. The molecule has 2 rings (SSSR count). The van der Waals surface area contributed by atoms with Crippen molar-refractivity contribution in [2.75, 3.05) is 20.1 Å². The highest BCUT2D eigenvalue weighted by Crippen LogP contribution is 2.22. The number of likely N-dealkylation sites (tertiary alicyclic amines) is 1. The number of rotatable bonds is 2. The molecule has 0 spiro atoms. The first kappa shape index (κ1) is 13.9. The van der Waals surface area contributed by atoms with E-state index in [1.165, 1.54) is 21.5 Å². The van der Waals surface area contributed by atoms with Crippen molar-refractivity contribution in [2.24, 2.45) is 10.9 Å². The molecule has 0 amide bonds. The van der Waals surface area contributed by atoms with Crippen LogP contribution < -0.4 is 5.32 Å². The third-order valence-electron chi connectivity index (χ3n) is 3.34. The third kappa shape index (κ3) is 3.72. The quantitative estimate of drug-likeness (QED) is 0.665. The number of piperidine rings is 1. The highest BCUT2D eigenvalue weighted by molar-refractivity contribution is 9.11. The van der Waals surface area contributed by atoms with E-state index in [2.05, 4.69) is 50.2 Å². The predicted molar refractivity (Wildman–Crippen MR) is 82.2 cm³/mol. The van der Waals surface area contributed by atoms with Crippen molar-refractivity contribution in [3.8, 4) is 0 Å². The fourth-order valence-corrected chi connectivity index (χ4v) is 3.59. The highest BCUT2D eigenvalue weighted by Gasteiger charge is 2.18. The lowest BCUT2D eigenvalue weighted by Crippen LogP contribution is -2.44. The lowest BCUT2D eigenvalue weighted by atomic mass is 10.00. The zero-order valence-corrected chi connectivity index (χ0v) is 13.4. The molecule has 0 aliphatic carbocycles. The van der Waals surface area contributed by atoms with Crippen LogP contribution in [-0.4, -0.2) is 31.0 Å². The van der Waals surface area contributed by atoms with Crippen LogP contribution in [-0.2, 0) is 6.54 Å². The summed E-state index contributed by atoms with van der Waals surface area (Å²) >= 11 is 5.26. The summed E-state index contributed by atoms with van der Waals surface area (Å²) in [5.74, 6) is 1.89. The molecule has 1 aliphatic heterocycles. The molecule has 2 heterocycles. The topological polar surface area (TPSA) is 27.6 Å². The van der Waals surface area contributed by atoms with Crippen molar-refractivity contribution in [2.45, 2.75) is 26.3 Å². The Labute approximate surface area is 121 Å². The summed E-state index contributed by atoms with van der Waals surface area (Å²) in [6.45, 7) is 5.43. The first-order valence-corrected chi connectivity index (χ1v) is 8.00. The van der Waals surface area contributed by atoms with Crippen LogP contribution in [0.15, 0.2) is 20.9 Å². The van der Waals surface area contributed by atoms with E-state index in [-0.39, 0.29) is 0 Å². The average molecular weight is 330 g/mol. The number of hydrogen-bond donors (Lipinski definition) is 1. The number of guanidine groups is 1. The summed E-state index contributed by atoms with van der Waals surface area (Å²) in [5.41, 5.74) is 0. The van der Waals surface area contributed by atoms with E-state index in [0.29, 0.717) is 0 Å². The molecule has 0 aromatic carbocycles. The van der Waals surface area contributed by atoms with Gasteiger partial charge in [-0.25, -0.2) is 0 Å². The molecule has 0 radical (unpaired) electrons. The van der Waals surface area contributed by atoms with E-state index < -0.39 is 0 Å². The van der Waals surface area contributed by atoms with Crippen LogP contribution in [0.4, 0.5) is 0 Å². The molecule has 1 saturated heterocycles. The van der Waals surface area contributed by atoms with Gasteiger partial charge in [-0.05, 0) is 46.8 Å². The maximum Gasteiger partial charge on any atom is 0.193 e. The molecule has 0 atom stereocenters. The SMILES string of the molecule is CN=C(NCc1ccc(Br)s1)N1CCC(C)CC1. The minimum Gasteiger partial charge on any atom is -0.351 e. The molecule has 1 fully saturated rings. The Hall–Kier alpha value is -0.550. The van der Waals surface area contributed by atoms with Gasteiger partial charge in [0.15, 0.2) is 5.96 Å². The van der Waals surface area contributed by atoms with E-state index in [1.807, 2.05) is 7.05 Å². The second-order valence-corrected chi connectivity index (χ2v) is 7.32. The molecule has 100 valence electrons. The largest absolute Gasteiger partial charge is 0.351 e. The monoisotopic (exact) mass is 329 g/mol. The van der Waals surface area contributed by atoms with Crippen LogP contribution >= 0.6 is 27.3 Å². The number of aliphatic imine (C=N–C) groups is 1. The second kappa shape index (κ2) is 6.57. The summed E-state index contributed by atoms with van der Waals surface area (Å²) < 4.78 is 1.18. The number of nitrogens with zero attached hydrogens (tertiary/aromatic N) is 2. The van der Waals surface area contributed by atoms with Gasteiger partial charge < -0.3 is 10.2 Å². The zero-order chi connectivity index (χ0) is 13.0. The number of nitrogens with one attached hydrogen (secondary N) is 1. The van der Waals surface area contributed by atoms with Gasteiger partial charge in [0.05, 0.1) is 10.3 Å². The molecule has 0 unspecified atom stereocenters. The molecule has 0 saturated carbocycles. The minimum atomic E-state index is 0.854. The Balaban J connectivity index is 1.86. The number of thiophene rings is 1. The first-order valence-electron chi connectivity index (χ1n) is 6.39. The van der Waals surface area contributed by atoms with E-state index in [1.54, 1.807) is 11.3 Å². The molecule has 18 heavy (non-hydrogen) atoms. The summed E-state index contributed by atoms with van der Waals surface area (Å²) in [5, 5.41) is 3.45. The fraction of sp³-hybridized carbons (Fsp3) is 0.615. The smallest absolute Gasteiger partial charge is 0.193 e. The Morgan fingerprint density at radius 3 is 2.78 bits per heavy atom. The van der Waals surface area contributed by atoms with Gasteiger partial charge in [0, 0.05) is 25.0 Å². The molecule has 0 bridgehead atoms. The van der Waals surface area contributed by atoms with E-state index >= 15 is 0 Å². The van der Waals surface area contributed by atoms with Crippen molar-refractivity contribution >= 4 is 33.2 Å². The van der Waals surface area contributed by atoms with Crippen molar-refractivity contribution in [3.05, 3.63) is 20.8 Å². The second-order valence-electron chi connectivity index (χ2n) is 4.78. The van der Waals surface area contributed by atoms with Gasteiger partial charge in [-0.15, -0.1) is 11.3 Å². The molecular formula is C13H20BrN3S. The standard InChI is InChI=1S/C13H20BrN3S/c1-10-5-7-17(8-6-10)13(15-2)16-9-11-3-4-12(14)18-11/h3-4,10H,5-9H2,1-2H3,(H,15,16). The first-order chi connectivity index (χ1) is 8.69. The van der Waals surface area contributed by atoms with Crippen molar-refractivity contribution in [3.63, 3.8) is 0 Å². The lowest BCUT2D eigenvalue weighted by Gasteiger charge is -2.32. The number of halogens is 1. The van der Waals surface area contributed by atoms with E-state index in [9.17, 15) is 0 Å². The van der Waals surface area contributed by atoms with Gasteiger partial charge in [-0.2, -0.15) is 0 Å². The van der Waals surface area contributed by atoms with Crippen LogP contribution in [0.3, 0.4) is 0 Å². The molecular weight excluding hydrogens is 310 g/mol. The van der Waals surface area contributed by atoms with E-state index in [0.717, 1.165) is 31.5 Å². The predicted octanol–water partition coefficient (Wildman–Crippen LogP) is 3.32. The maximum absolute atomic E-state index is 4.38. The van der Waals surface area contributed by atoms with Crippen LogP contribution in [0.5, 0.6) is 0 Å². The van der Waals surface area contributed by atoms with Gasteiger partial charge in [0.2, 0.25) is 0 Å². The maximum atomic E-state index is 4.38. The Bertz CT molecular complexity index is 408. The third-order valence-corrected chi connectivity index (χ3v) is 4.97. The molecule has 1 aromatic rings. The Morgan fingerprint density at radius 2 is 2.22 bits per heavy atom. The van der Waals surface area contributed by atoms with Gasteiger partial charge in [-0.1, -0.05) is 6.92 Å². The summed E-state index contributed by atoms with van der Waals surface area (Å²) in [4.78, 5) is 8.07. The van der Waals surface area contributed by atoms with Gasteiger partial charge in [-0.3, -0.25) is 4.99 Å². The molecule has 1 aromatic heterocycles. The molecule has 3 nitrogen and oxygen atoms in total. The minimum absolute atomic E-state index is 0.854. The number of hydrogen-bond acceptors (Lipinski definition) is 2. The molecule has 5 heteroatoms. The average Bonchev–Trinajstić information content (AvgIpc) is 2.78. The van der Waals surface area contributed by atoms with E-state index in [4.69, 9.17) is 0 Å². The van der Waals surface area contributed by atoms with Crippen LogP contribution in [0.25, 0.3) is 0 Å². The van der Waals surface area contributed by atoms with Gasteiger partial charge >= 0.3 is 0 Å². The normalized spacial score (nSPS) is 18.2. The van der Waals surface area contributed by atoms with Gasteiger partial charge in [0.25, 0.3) is 0 Å². The summed E-state index contributed by atoms with van der Waals surface area (Å²) in [6.07, 6.45) is 2.54. The molecule has 1 aliphatic rings. The van der Waals surface area contributed by atoms with Crippen molar-refractivity contribution < 1.29 is 0 Å². The van der Waals surface area contributed by atoms with Crippen molar-refractivity contribution in [1.29, 1.82) is 0 Å². The van der Waals surface area contributed by atoms with Gasteiger partial charge in [0.1, 0.15) is 0 Å². The Kier molecular flexibility index (Phi) is 5.06. The summed E-state index contributed by atoms with van der Waals surface area (Å²) in [7, 11) is 1.87. The van der Waals surface area contributed by atoms with Crippen LogP contribution in [0.1, 0.15) is 24.6 Å². The van der Waals surface area contributed by atoms with Crippen molar-refractivity contribution in [1.82, 2.24) is 10.2 Å². The zero-order valence-electron chi connectivity index (χ0n) is 10.9. The molecule has 1 N–H and O–H groups in total. The fourth-order valence-electron chi connectivity index (χ4n) is 2.17.